The molecule has 10 heteroatoms. The number of rotatable bonds is 4. The Morgan fingerprint density at radius 2 is 1.83 bits per heavy atom. The van der Waals surface area contributed by atoms with E-state index < -0.39 is 28.3 Å². The van der Waals surface area contributed by atoms with Crippen LogP contribution < -0.4 is 0 Å². The Hall–Kier alpha value is -2.17. The number of halogens is 3. The molecule has 1 amide bonds. The Bertz CT molecular complexity index is 955. The minimum absolute atomic E-state index is 0.00139. The molecule has 164 valence electrons. The fraction of sp³-hybridized carbons (Fsp3) is 0.450. The van der Waals surface area contributed by atoms with E-state index in [0.717, 1.165) is 9.87 Å². The van der Waals surface area contributed by atoms with Crippen molar-refractivity contribution in [1.82, 2.24) is 9.21 Å². The Morgan fingerprint density at radius 3 is 2.37 bits per heavy atom. The highest BCUT2D eigenvalue weighted by molar-refractivity contribution is 7.89. The number of hydrogen-bond acceptors (Lipinski definition) is 4. The molecule has 1 aromatic rings. The summed E-state index contributed by atoms with van der Waals surface area (Å²) in [5.74, 6) is -2.06. The lowest BCUT2D eigenvalue weighted by atomic mass is 10.0. The molecule has 1 aromatic carbocycles. The second-order valence-corrected chi connectivity index (χ2v) is 9.12. The average Bonchev–Trinajstić information content (AvgIpc) is 2.72. The van der Waals surface area contributed by atoms with Crippen molar-refractivity contribution in [2.45, 2.75) is 43.1 Å². The molecule has 1 saturated heterocycles. The maximum absolute atomic E-state index is 13.3. The zero-order valence-corrected chi connectivity index (χ0v) is 17.4. The van der Waals surface area contributed by atoms with Gasteiger partial charge < -0.3 is 9.64 Å². The number of methoxy groups -OCH3 is 1. The van der Waals surface area contributed by atoms with Gasteiger partial charge in [-0.25, -0.2) is 8.42 Å². The largest absolute Gasteiger partial charge is 0.471 e. The van der Waals surface area contributed by atoms with Gasteiger partial charge in [-0.05, 0) is 37.5 Å². The summed E-state index contributed by atoms with van der Waals surface area (Å²) in [6.07, 6.45) is -1.48. The third-order valence-corrected chi connectivity index (χ3v) is 7.03. The number of hydrogen-bond donors (Lipinski definition) is 0. The fourth-order valence-electron chi connectivity index (χ4n) is 3.60. The molecule has 1 heterocycles. The number of nitrogens with zero attached hydrogens (tertiary/aromatic N) is 2. The van der Waals surface area contributed by atoms with Crippen LogP contribution in [0.15, 0.2) is 53.0 Å². The lowest BCUT2D eigenvalue weighted by Crippen LogP contribution is -2.60. The molecule has 2 atom stereocenters. The van der Waals surface area contributed by atoms with Crippen molar-refractivity contribution >= 4 is 15.9 Å². The number of aryl methyl sites for hydroxylation is 1. The normalized spacial score (nSPS) is 23.4. The minimum atomic E-state index is -5.11. The maximum Gasteiger partial charge on any atom is 0.471 e. The van der Waals surface area contributed by atoms with Gasteiger partial charge in [0.25, 0.3) is 0 Å². The quantitative estimate of drug-likeness (QED) is 0.716. The number of benzene rings is 1. The van der Waals surface area contributed by atoms with Crippen molar-refractivity contribution in [3.05, 3.63) is 53.6 Å². The van der Waals surface area contributed by atoms with Crippen LogP contribution in [0.3, 0.4) is 0 Å². The number of carbonyl (C=O) groups excluding carboxylic acids is 1. The molecule has 0 radical (unpaired) electrons. The van der Waals surface area contributed by atoms with Gasteiger partial charge >= 0.3 is 12.1 Å². The van der Waals surface area contributed by atoms with Gasteiger partial charge in [0.15, 0.2) is 0 Å². The van der Waals surface area contributed by atoms with Gasteiger partial charge in [0.2, 0.25) is 10.0 Å². The number of carbonyl (C=O) groups is 1. The predicted molar refractivity (Wildman–Crippen MR) is 104 cm³/mol. The van der Waals surface area contributed by atoms with Crippen molar-refractivity contribution in [2.24, 2.45) is 0 Å². The highest BCUT2D eigenvalue weighted by atomic mass is 32.2. The first-order chi connectivity index (χ1) is 14.1. The highest BCUT2D eigenvalue weighted by Crippen LogP contribution is 2.33. The van der Waals surface area contributed by atoms with Crippen LogP contribution in [0.1, 0.15) is 18.4 Å². The second kappa shape index (κ2) is 8.52. The topological polar surface area (TPSA) is 66.9 Å². The SMILES string of the molecule is COC1C=CC(C2N(C(=O)C(F)(F)F)CCCN2S(=O)(=O)c2ccc(C)cc2)=CC1. The smallest absolute Gasteiger partial charge is 0.377 e. The molecule has 3 rings (SSSR count). The summed E-state index contributed by atoms with van der Waals surface area (Å²) in [6, 6.07) is 6.07. The summed E-state index contributed by atoms with van der Waals surface area (Å²) in [6.45, 7) is 1.61. The van der Waals surface area contributed by atoms with Crippen LogP contribution in [0.2, 0.25) is 0 Å². The van der Waals surface area contributed by atoms with Crippen molar-refractivity contribution in [2.75, 3.05) is 20.2 Å². The molecule has 2 unspecified atom stereocenters. The maximum atomic E-state index is 13.3. The van der Waals surface area contributed by atoms with Gasteiger partial charge in [0, 0.05) is 20.2 Å². The van der Waals surface area contributed by atoms with Crippen LogP contribution >= 0.6 is 0 Å². The molecular formula is C20H23F3N2O4S. The highest BCUT2D eigenvalue weighted by Gasteiger charge is 2.49. The number of amides is 1. The molecule has 0 aromatic heterocycles. The molecule has 2 aliphatic rings. The molecule has 6 nitrogen and oxygen atoms in total. The lowest BCUT2D eigenvalue weighted by molar-refractivity contribution is -0.190. The Kier molecular flexibility index (Phi) is 6.40. The van der Waals surface area contributed by atoms with Crippen molar-refractivity contribution in [3.8, 4) is 0 Å². The first-order valence-corrected chi connectivity index (χ1v) is 10.9. The average molecular weight is 444 g/mol. The van der Waals surface area contributed by atoms with E-state index in [1.807, 2.05) is 0 Å². The van der Waals surface area contributed by atoms with E-state index in [0.29, 0.717) is 16.9 Å². The van der Waals surface area contributed by atoms with Crippen LogP contribution in [0, 0.1) is 6.92 Å². The zero-order valence-electron chi connectivity index (χ0n) is 16.6. The number of ether oxygens (including phenoxy) is 1. The number of alkyl halides is 3. The van der Waals surface area contributed by atoms with E-state index in [-0.39, 0.29) is 30.5 Å². The summed E-state index contributed by atoms with van der Waals surface area (Å²) in [5, 5.41) is 0. The molecule has 0 spiro atoms. The van der Waals surface area contributed by atoms with E-state index >= 15 is 0 Å². The summed E-state index contributed by atoms with van der Waals surface area (Å²) < 4.78 is 72.6. The lowest BCUT2D eigenvalue weighted by Gasteiger charge is -2.44. The fourth-order valence-corrected chi connectivity index (χ4v) is 5.22. The van der Waals surface area contributed by atoms with Crippen LogP contribution in [0.25, 0.3) is 0 Å². The molecule has 1 aliphatic carbocycles. The van der Waals surface area contributed by atoms with Crippen molar-refractivity contribution < 1.29 is 31.1 Å². The van der Waals surface area contributed by atoms with E-state index in [2.05, 4.69) is 0 Å². The van der Waals surface area contributed by atoms with Gasteiger partial charge in [-0.1, -0.05) is 35.9 Å². The summed E-state index contributed by atoms with van der Waals surface area (Å²) in [5.41, 5.74) is 1.16. The van der Waals surface area contributed by atoms with Gasteiger partial charge in [-0.2, -0.15) is 17.5 Å². The van der Waals surface area contributed by atoms with Crippen LogP contribution in [-0.2, 0) is 19.6 Å². The van der Waals surface area contributed by atoms with Crippen molar-refractivity contribution in [1.29, 1.82) is 0 Å². The first-order valence-electron chi connectivity index (χ1n) is 9.43. The molecule has 0 N–H and O–H groups in total. The summed E-state index contributed by atoms with van der Waals surface area (Å²) in [4.78, 5) is 12.7. The monoisotopic (exact) mass is 444 g/mol. The first kappa shape index (κ1) is 22.5. The number of sulfonamides is 1. The Labute approximate surface area is 173 Å². The van der Waals surface area contributed by atoms with Gasteiger partial charge in [0.1, 0.15) is 6.17 Å². The second-order valence-electron chi connectivity index (χ2n) is 7.23. The standard InChI is InChI=1S/C20H23F3N2O4S/c1-14-4-10-17(11-5-14)30(27,28)25-13-3-12-24(19(26)20(21,22)23)18(25)15-6-8-16(29-2)9-7-15/h4-8,10-11,16,18H,3,9,12-13H2,1-2H3. The van der Waals surface area contributed by atoms with Crippen LogP contribution in [-0.4, -0.2) is 62.2 Å². The van der Waals surface area contributed by atoms with Gasteiger partial charge in [0.05, 0.1) is 11.0 Å². The van der Waals surface area contributed by atoms with Crippen LogP contribution in [0.5, 0.6) is 0 Å². The predicted octanol–water partition coefficient (Wildman–Crippen LogP) is 3.01. The molecule has 0 saturated carbocycles. The van der Waals surface area contributed by atoms with E-state index in [1.165, 1.54) is 25.3 Å². The molecule has 30 heavy (non-hydrogen) atoms. The minimum Gasteiger partial charge on any atom is -0.377 e. The van der Waals surface area contributed by atoms with Gasteiger partial charge in [-0.3, -0.25) is 4.79 Å². The molecule has 1 aliphatic heterocycles. The molecular weight excluding hydrogens is 421 g/mol. The molecule has 1 fully saturated rings. The van der Waals surface area contributed by atoms with E-state index in [9.17, 15) is 26.4 Å². The van der Waals surface area contributed by atoms with E-state index in [1.54, 1.807) is 31.2 Å². The van der Waals surface area contributed by atoms with Gasteiger partial charge in [-0.15, -0.1) is 0 Å². The van der Waals surface area contributed by atoms with E-state index in [4.69, 9.17) is 4.74 Å². The van der Waals surface area contributed by atoms with Crippen LogP contribution in [0.4, 0.5) is 13.2 Å². The summed E-state index contributed by atoms with van der Waals surface area (Å²) >= 11 is 0. The molecule has 0 bridgehead atoms. The third-order valence-electron chi connectivity index (χ3n) is 5.17. The Morgan fingerprint density at radius 1 is 1.17 bits per heavy atom. The Balaban J connectivity index is 2.06. The summed E-state index contributed by atoms with van der Waals surface area (Å²) in [7, 11) is -2.64. The third kappa shape index (κ3) is 4.45. The van der Waals surface area contributed by atoms with Crippen molar-refractivity contribution in [3.63, 3.8) is 0 Å². The zero-order chi connectivity index (χ0) is 22.1.